The largest absolute Gasteiger partial charge is 0.244 e. The molecule has 6 heteroatoms. The van der Waals surface area contributed by atoms with Crippen LogP contribution < -0.4 is 0 Å². The van der Waals surface area contributed by atoms with Crippen molar-refractivity contribution in [2.45, 2.75) is 25.7 Å². The first kappa shape index (κ1) is 16.1. The predicted octanol–water partition coefficient (Wildman–Crippen LogP) is 3.88. The van der Waals surface area contributed by atoms with Crippen LogP contribution in [0.4, 0.5) is 0 Å². The van der Waals surface area contributed by atoms with E-state index < -0.39 is 10.0 Å². The lowest BCUT2D eigenvalue weighted by molar-refractivity contribution is 0.380. The molecule has 3 nitrogen and oxygen atoms in total. The maximum absolute atomic E-state index is 12.5. The molecule has 1 aromatic carbocycles. The van der Waals surface area contributed by atoms with Gasteiger partial charge in [-0.1, -0.05) is 36.7 Å². The Hall–Kier alpha value is 0.0900. The van der Waals surface area contributed by atoms with Crippen LogP contribution in [0, 0.1) is 5.92 Å². The smallest absolute Gasteiger partial charge is 0.207 e. The minimum atomic E-state index is -3.43. The highest BCUT2D eigenvalue weighted by atomic mass is 79.9. The van der Waals surface area contributed by atoms with Crippen LogP contribution in [0.25, 0.3) is 0 Å². The fourth-order valence-electron chi connectivity index (χ4n) is 1.63. The molecule has 0 fully saturated rings. The van der Waals surface area contributed by atoms with Crippen molar-refractivity contribution in [1.82, 2.24) is 4.31 Å². The van der Waals surface area contributed by atoms with Gasteiger partial charge in [0.15, 0.2) is 0 Å². The third kappa shape index (κ3) is 3.79. The Balaban J connectivity index is 3.19. The van der Waals surface area contributed by atoms with Gasteiger partial charge >= 0.3 is 0 Å². The molecule has 1 rings (SSSR count). The summed E-state index contributed by atoms with van der Waals surface area (Å²) in [6.45, 7) is 6.88. The molecule has 0 atom stereocenters. The second-order valence-electron chi connectivity index (χ2n) is 4.42. The first-order chi connectivity index (χ1) is 8.28. The third-order valence-electron chi connectivity index (χ3n) is 2.43. The number of hydrogen-bond acceptors (Lipinski definition) is 2. The summed E-state index contributed by atoms with van der Waals surface area (Å²) in [5, 5.41) is 0. The Morgan fingerprint density at radius 3 is 2.33 bits per heavy atom. The maximum Gasteiger partial charge on any atom is 0.244 e. The molecule has 0 bridgehead atoms. The SMILES string of the molecule is CCN(CC(C)C)S(=O)(=O)c1ccc(Br)cc1Br. The summed E-state index contributed by atoms with van der Waals surface area (Å²) >= 11 is 6.63. The summed E-state index contributed by atoms with van der Waals surface area (Å²) in [7, 11) is -3.43. The van der Waals surface area contributed by atoms with Gasteiger partial charge in [0.25, 0.3) is 0 Å². The summed E-state index contributed by atoms with van der Waals surface area (Å²) in [4.78, 5) is 0.313. The van der Waals surface area contributed by atoms with E-state index >= 15 is 0 Å². The zero-order valence-electron chi connectivity index (χ0n) is 10.7. The van der Waals surface area contributed by atoms with E-state index in [-0.39, 0.29) is 0 Å². The van der Waals surface area contributed by atoms with Gasteiger partial charge in [-0.25, -0.2) is 8.42 Å². The van der Waals surface area contributed by atoms with E-state index in [1.807, 2.05) is 20.8 Å². The highest BCUT2D eigenvalue weighted by molar-refractivity contribution is 9.11. The van der Waals surface area contributed by atoms with Crippen molar-refractivity contribution in [2.75, 3.05) is 13.1 Å². The second kappa shape index (κ2) is 6.50. The van der Waals surface area contributed by atoms with E-state index in [1.54, 1.807) is 18.2 Å². The number of benzene rings is 1. The predicted molar refractivity (Wildman–Crippen MR) is 81.1 cm³/mol. The molecule has 0 spiro atoms. The first-order valence-corrected chi connectivity index (χ1v) is 8.76. The molecule has 0 aliphatic carbocycles. The molecule has 0 heterocycles. The van der Waals surface area contributed by atoms with Gasteiger partial charge in [-0.2, -0.15) is 4.31 Å². The summed E-state index contributed by atoms with van der Waals surface area (Å²) < 4.78 is 28.0. The van der Waals surface area contributed by atoms with Crippen molar-refractivity contribution in [1.29, 1.82) is 0 Å². The highest BCUT2D eigenvalue weighted by Gasteiger charge is 2.25. The minimum Gasteiger partial charge on any atom is -0.207 e. The monoisotopic (exact) mass is 397 g/mol. The molecule has 0 N–H and O–H groups in total. The molecule has 0 aromatic heterocycles. The van der Waals surface area contributed by atoms with E-state index in [2.05, 4.69) is 31.9 Å². The van der Waals surface area contributed by atoms with Gasteiger partial charge in [0.2, 0.25) is 10.0 Å². The van der Waals surface area contributed by atoms with Crippen LogP contribution in [0.5, 0.6) is 0 Å². The van der Waals surface area contributed by atoms with Crippen LogP contribution in [0.2, 0.25) is 0 Å². The van der Waals surface area contributed by atoms with E-state index in [0.717, 1.165) is 4.47 Å². The molecule has 0 aliphatic heterocycles. The molecular weight excluding hydrogens is 382 g/mol. The average molecular weight is 399 g/mol. The Bertz CT molecular complexity index is 515. The fraction of sp³-hybridized carbons (Fsp3) is 0.500. The maximum atomic E-state index is 12.5. The lowest BCUT2D eigenvalue weighted by atomic mass is 10.2. The van der Waals surface area contributed by atoms with Crippen molar-refractivity contribution in [3.63, 3.8) is 0 Å². The Morgan fingerprint density at radius 2 is 1.89 bits per heavy atom. The van der Waals surface area contributed by atoms with Crippen LogP contribution in [-0.2, 0) is 10.0 Å². The lowest BCUT2D eigenvalue weighted by Gasteiger charge is -2.23. The van der Waals surface area contributed by atoms with Crippen LogP contribution in [-0.4, -0.2) is 25.8 Å². The standard InChI is InChI=1S/C12H17Br2NO2S/c1-4-15(8-9(2)3)18(16,17)12-6-5-10(13)7-11(12)14/h5-7,9H,4,8H2,1-3H3. The molecule has 0 radical (unpaired) electrons. The van der Waals surface area contributed by atoms with Gasteiger partial charge in [0.05, 0.1) is 4.90 Å². The van der Waals surface area contributed by atoms with Crippen LogP contribution in [0.15, 0.2) is 32.0 Å². The number of rotatable bonds is 5. The Kier molecular flexibility index (Phi) is 5.83. The van der Waals surface area contributed by atoms with E-state index in [4.69, 9.17) is 0 Å². The van der Waals surface area contributed by atoms with Crippen LogP contribution in [0.3, 0.4) is 0 Å². The van der Waals surface area contributed by atoms with Gasteiger partial charge in [-0.05, 0) is 40.0 Å². The Morgan fingerprint density at radius 1 is 1.28 bits per heavy atom. The molecule has 0 saturated carbocycles. The number of nitrogens with zero attached hydrogens (tertiary/aromatic N) is 1. The molecule has 18 heavy (non-hydrogen) atoms. The topological polar surface area (TPSA) is 37.4 Å². The van der Waals surface area contributed by atoms with Crippen molar-refractivity contribution in [3.8, 4) is 0 Å². The van der Waals surface area contributed by atoms with Gasteiger partial charge in [0, 0.05) is 22.0 Å². The summed E-state index contributed by atoms with van der Waals surface area (Å²) in [5.74, 6) is 0.300. The zero-order chi connectivity index (χ0) is 13.9. The zero-order valence-corrected chi connectivity index (χ0v) is 14.6. The molecule has 102 valence electrons. The fourth-order valence-corrected chi connectivity index (χ4v) is 4.95. The third-order valence-corrected chi connectivity index (χ3v) is 5.84. The van der Waals surface area contributed by atoms with E-state index in [9.17, 15) is 8.42 Å². The molecular formula is C12H17Br2NO2S. The molecule has 0 saturated heterocycles. The molecule has 0 unspecified atom stereocenters. The summed E-state index contributed by atoms with van der Waals surface area (Å²) in [5.41, 5.74) is 0. The van der Waals surface area contributed by atoms with E-state index in [1.165, 1.54) is 4.31 Å². The normalized spacial score (nSPS) is 12.4. The highest BCUT2D eigenvalue weighted by Crippen LogP contribution is 2.28. The average Bonchev–Trinajstić information content (AvgIpc) is 2.24. The molecule has 0 amide bonds. The van der Waals surface area contributed by atoms with Crippen LogP contribution in [0.1, 0.15) is 20.8 Å². The number of hydrogen-bond donors (Lipinski definition) is 0. The summed E-state index contributed by atoms with van der Waals surface area (Å²) in [6.07, 6.45) is 0. The van der Waals surface area contributed by atoms with Gasteiger partial charge in [0.1, 0.15) is 0 Å². The first-order valence-electron chi connectivity index (χ1n) is 5.74. The van der Waals surface area contributed by atoms with Gasteiger partial charge in [-0.15, -0.1) is 0 Å². The van der Waals surface area contributed by atoms with Crippen molar-refractivity contribution < 1.29 is 8.42 Å². The van der Waals surface area contributed by atoms with Crippen molar-refractivity contribution >= 4 is 41.9 Å². The van der Waals surface area contributed by atoms with Crippen LogP contribution >= 0.6 is 31.9 Å². The van der Waals surface area contributed by atoms with Crippen molar-refractivity contribution in [2.24, 2.45) is 5.92 Å². The van der Waals surface area contributed by atoms with Crippen molar-refractivity contribution in [3.05, 3.63) is 27.1 Å². The Labute approximate surface area is 126 Å². The second-order valence-corrected chi connectivity index (χ2v) is 8.10. The lowest BCUT2D eigenvalue weighted by Crippen LogP contribution is -2.34. The molecule has 0 aliphatic rings. The number of halogens is 2. The van der Waals surface area contributed by atoms with E-state index in [0.29, 0.717) is 28.4 Å². The summed E-state index contributed by atoms with van der Waals surface area (Å²) in [6, 6.07) is 5.10. The van der Waals surface area contributed by atoms with Gasteiger partial charge in [-0.3, -0.25) is 0 Å². The minimum absolute atomic E-state index is 0.300. The quantitative estimate of drug-likeness (QED) is 0.754. The van der Waals surface area contributed by atoms with Gasteiger partial charge < -0.3 is 0 Å². The number of sulfonamides is 1. The molecule has 1 aromatic rings.